The van der Waals surface area contributed by atoms with Gasteiger partial charge < -0.3 is 11.1 Å². The Balaban J connectivity index is 2.55. The molecule has 1 aromatic rings. The molecule has 1 aliphatic heterocycles. The predicted molar refractivity (Wildman–Crippen MR) is 48.4 cm³/mol. The van der Waals surface area contributed by atoms with E-state index in [2.05, 4.69) is 27.0 Å². The van der Waals surface area contributed by atoms with E-state index in [9.17, 15) is 4.79 Å². The van der Waals surface area contributed by atoms with Crippen LogP contribution in [0.4, 0.5) is 5.69 Å². The number of hydrogen-bond acceptors (Lipinski definition) is 1. The smallest absolute Gasteiger partial charge is 0.287 e. The molecule has 0 saturated heterocycles. The third kappa shape index (κ3) is 1.04. The normalized spacial score (nSPS) is 20.5. The zero-order valence-electron chi connectivity index (χ0n) is 6.30. The second-order valence-corrected chi connectivity index (χ2v) is 3.69. The third-order valence-corrected chi connectivity index (χ3v) is 2.46. The van der Waals surface area contributed by atoms with E-state index in [1.54, 1.807) is 0 Å². The molecule has 0 aromatic heterocycles. The molecule has 1 aliphatic rings. The van der Waals surface area contributed by atoms with Crippen molar-refractivity contribution in [2.45, 2.75) is 6.04 Å². The maximum absolute atomic E-state index is 11.2. The summed E-state index contributed by atoms with van der Waals surface area (Å²) in [4.78, 5) is 11.2. The number of nitrogens with one attached hydrogen (secondary N) is 1. The molecule has 0 aliphatic carbocycles. The first-order valence-corrected chi connectivity index (χ1v) is 4.41. The van der Waals surface area contributed by atoms with Crippen molar-refractivity contribution in [1.82, 2.24) is 0 Å². The van der Waals surface area contributed by atoms with Crippen LogP contribution < -0.4 is 11.1 Å². The number of benzene rings is 1. The molecule has 1 heterocycles. The highest BCUT2D eigenvalue weighted by molar-refractivity contribution is 9.10. The van der Waals surface area contributed by atoms with Crippen molar-refractivity contribution in [1.29, 1.82) is 0 Å². The highest BCUT2D eigenvalue weighted by Crippen LogP contribution is 2.30. The topological polar surface area (TPSA) is 56.7 Å². The Labute approximate surface area is 78.1 Å². The van der Waals surface area contributed by atoms with Crippen LogP contribution in [-0.2, 0) is 4.79 Å². The molecule has 0 fully saturated rings. The number of hydrogen-bond donors (Lipinski definition) is 2. The fourth-order valence-electron chi connectivity index (χ4n) is 1.30. The third-order valence-electron chi connectivity index (χ3n) is 1.96. The zero-order valence-corrected chi connectivity index (χ0v) is 7.89. The van der Waals surface area contributed by atoms with Crippen LogP contribution in [-0.4, -0.2) is 5.91 Å². The number of carbonyl (C=O) groups excluding carboxylic acids is 1. The van der Waals surface area contributed by atoms with Crippen molar-refractivity contribution in [3.63, 3.8) is 0 Å². The van der Waals surface area contributed by atoms with Crippen LogP contribution in [0.25, 0.3) is 0 Å². The van der Waals surface area contributed by atoms with Gasteiger partial charge in [-0.2, -0.15) is 0 Å². The molecule has 12 heavy (non-hydrogen) atoms. The first kappa shape index (κ1) is 7.76. The number of halogens is 1. The first-order chi connectivity index (χ1) is 5.68. The van der Waals surface area contributed by atoms with E-state index in [4.69, 9.17) is 0 Å². The van der Waals surface area contributed by atoms with Gasteiger partial charge in [0.25, 0.3) is 5.91 Å². The first-order valence-electron chi connectivity index (χ1n) is 3.62. The lowest BCUT2D eigenvalue weighted by atomic mass is 10.1. The molecular formula is C8H8BrN2O+. The van der Waals surface area contributed by atoms with Gasteiger partial charge >= 0.3 is 0 Å². The van der Waals surface area contributed by atoms with Crippen LogP contribution in [0.3, 0.4) is 0 Å². The van der Waals surface area contributed by atoms with Gasteiger partial charge in [-0.1, -0.05) is 15.9 Å². The predicted octanol–water partition coefficient (Wildman–Crippen LogP) is 0.684. The minimum Gasteiger partial charge on any atom is -0.343 e. The lowest BCUT2D eigenvalue weighted by molar-refractivity contribution is -0.407. The Morgan fingerprint density at radius 1 is 1.50 bits per heavy atom. The van der Waals surface area contributed by atoms with Crippen molar-refractivity contribution in [2.75, 3.05) is 5.32 Å². The number of carbonyl (C=O) groups is 1. The van der Waals surface area contributed by atoms with Gasteiger partial charge in [0.1, 0.15) is 0 Å². The molecule has 2 rings (SSSR count). The van der Waals surface area contributed by atoms with E-state index in [1.165, 1.54) is 0 Å². The molecule has 1 atom stereocenters. The summed E-state index contributed by atoms with van der Waals surface area (Å²) in [6.45, 7) is 0. The summed E-state index contributed by atoms with van der Waals surface area (Å²) in [6.07, 6.45) is 0. The van der Waals surface area contributed by atoms with Crippen LogP contribution in [0.1, 0.15) is 11.6 Å². The van der Waals surface area contributed by atoms with Crippen LogP contribution in [0.15, 0.2) is 22.7 Å². The lowest BCUT2D eigenvalue weighted by Gasteiger charge is -1.97. The monoisotopic (exact) mass is 227 g/mol. The van der Waals surface area contributed by atoms with E-state index >= 15 is 0 Å². The fraction of sp³-hybridized carbons (Fsp3) is 0.125. The maximum atomic E-state index is 11.2. The van der Waals surface area contributed by atoms with Gasteiger partial charge in [-0.3, -0.25) is 4.79 Å². The van der Waals surface area contributed by atoms with Gasteiger partial charge in [0, 0.05) is 10.0 Å². The Hall–Kier alpha value is -0.870. The Morgan fingerprint density at radius 2 is 2.25 bits per heavy atom. The maximum Gasteiger partial charge on any atom is 0.287 e. The van der Waals surface area contributed by atoms with Gasteiger partial charge in [0.15, 0.2) is 6.04 Å². The molecule has 0 saturated carbocycles. The Kier molecular flexibility index (Phi) is 1.66. The van der Waals surface area contributed by atoms with Gasteiger partial charge in [0.05, 0.1) is 5.69 Å². The van der Waals surface area contributed by atoms with Crippen LogP contribution in [0.2, 0.25) is 0 Å². The largest absolute Gasteiger partial charge is 0.343 e. The summed E-state index contributed by atoms with van der Waals surface area (Å²) < 4.78 is 0.978. The molecule has 1 aromatic carbocycles. The fourth-order valence-corrected chi connectivity index (χ4v) is 1.68. The quantitative estimate of drug-likeness (QED) is 0.674. The lowest BCUT2D eigenvalue weighted by Crippen LogP contribution is -2.56. The second-order valence-electron chi connectivity index (χ2n) is 2.77. The summed E-state index contributed by atoms with van der Waals surface area (Å²) in [5.74, 6) is -0.0249. The number of quaternary nitrogens is 1. The molecule has 4 N–H and O–H groups in total. The van der Waals surface area contributed by atoms with Crippen molar-refractivity contribution < 1.29 is 10.5 Å². The molecule has 62 valence electrons. The summed E-state index contributed by atoms with van der Waals surface area (Å²) in [6, 6.07) is 5.43. The van der Waals surface area contributed by atoms with Crippen molar-refractivity contribution in [3.05, 3.63) is 28.2 Å². The van der Waals surface area contributed by atoms with Crippen molar-refractivity contribution >= 4 is 27.5 Å². The summed E-state index contributed by atoms with van der Waals surface area (Å²) >= 11 is 3.35. The number of rotatable bonds is 0. The van der Waals surface area contributed by atoms with Crippen LogP contribution in [0.5, 0.6) is 0 Å². The van der Waals surface area contributed by atoms with E-state index < -0.39 is 0 Å². The molecule has 0 spiro atoms. The van der Waals surface area contributed by atoms with Gasteiger partial charge in [-0.15, -0.1) is 0 Å². The number of anilines is 1. The Bertz CT molecular complexity index is 351. The molecule has 0 unspecified atom stereocenters. The van der Waals surface area contributed by atoms with E-state index in [0.29, 0.717) is 0 Å². The summed E-state index contributed by atoms with van der Waals surface area (Å²) in [5, 5.41) is 2.75. The SMILES string of the molecule is [NH3+][C@H]1C(=O)Nc2ccc(Br)cc21. The zero-order chi connectivity index (χ0) is 8.72. The standard InChI is InChI=1S/C8H7BrN2O/c9-4-1-2-6-5(3-4)7(10)8(12)11-6/h1-3,7H,10H2,(H,11,12)/p+1/t7-/m1/s1. The molecule has 0 bridgehead atoms. The highest BCUT2D eigenvalue weighted by atomic mass is 79.9. The summed E-state index contributed by atoms with van der Waals surface area (Å²) in [5.41, 5.74) is 5.61. The van der Waals surface area contributed by atoms with E-state index in [0.717, 1.165) is 15.7 Å². The average molecular weight is 228 g/mol. The van der Waals surface area contributed by atoms with Gasteiger partial charge in [-0.05, 0) is 18.2 Å². The molecule has 3 nitrogen and oxygen atoms in total. The minimum absolute atomic E-state index is 0.0249. The number of fused-ring (bicyclic) bond motifs is 1. The minimum atomic E-state index is -0.266. The number of amides is 1. The highest BCUT2D eigenvalue weighted by Gasteiger charge is 2.30. The van der Waals surface area contributed by atoms with E-state index in [-0.39, 0.29) is 11.9 Å². The molecular weight excluding hydrogens is 220 g/mol. The van der Waals surface area contributed by atoms with Crippen molar-refractivity contribution in [2.24, 2.45) is 0 Å². The van der Waals surface area contributed by atoms with Crippen LogP contribution >= 0.6 is 15.9 Å². The second kappa shape index (κ2) is 2.57. The molecule has 0 radical (unpaired) electrons. The average Bonchev–Trinajstić information content (AvgIpc) is 2.31. The van der Waals surface area contributed by atoms with Crippen molar-refractivity contribution in [3.8, 4) is 0 Å². The molecule has 1 amide bonds. The van der Waals surface area contributed by atoms with Gasteiger partial charge in [0.2, 0.25) is 0 Å². The van der Waals surface area contributed by atoms with Crippen LogP contribution in [0, 0.1) is 0 Å². The van der Waals surface area contributed by atoms with E-state index in [1.807, 2.05) is 18.2 Å². The Morgan fingerprint density at radius 3 is 3.00 bits per heavy atom. The summed E-state index contributed by atoms with van der Waals surface area (Å²) in [7, 11) is 0. The van der Waals surface area contributed by atoms with Gasteiger partial charge in [-0.25, -0.2) is 0 Å². The molecule has 4 heteroatoms.